The summed E-state index contributed by atoms with van der Waals surface area (Å²) in [5, 5.41) is 4.32. The fourth-order valence-corrected chi connectivity index (χ4v) is 5.24. The molecule has 0 spiro atoms. The Morgan fingerprint density at radius 2 is 2.10 bits per heavy atom. The van der Waals surface area contributed by atoms with Crippen molar-refractivity contribution in [1.82, 2.24) is 5.32 Å². The quantitative estimate of drug-likeness (QED) is 0.929. The summed E-state index contributed by atoms with van der Waals surface area (Å²) in [6.07, 6.45) is 3.07. The molecule has 1 aliphatic heterocycles. The maximum atomic E-state index is 11.4. The largest absolute Gasteiger partial charge is 0.314 e. The Hall–Kier alpha value is -0.580. The smallest absolute Gasteiger partial charge is 0.150 e. The van der Waals surface area contributed by atoms with Gasteiger partial charge >= 0.3 is 0 Å². The molecule has 1 aromatic carbocycles. The third-order valence-corrected chi connectivity index (χ3v) is 6.55. The van der Waals surface area contributed by atoms with E-state index in [-0.39, 0.29) is 0 Å². The summed E-state index contributed by atoms with van der Waals surface area (Å²) in [7, 11) is -2.75. The zero-order chi connectivity index (χ0) is 14.2. The van der Waals surface area contributed by atoms with Crippen LogP contribution in [-0.2, 0) is 9.84 Å². The van der Waals surface area contributed by atoms with E-state index in [1.165, 1.54) is 5.56 Å². The van der Waals surface area contributed by atoms with Crippen molar-refractivity contribution in [3.8, 4) is 0 Å². The van der Waals surface area contributed by atoms with Crippen LogP contribution in [-0.4, -0.2) is 32.5 Å². The number of rotatable bonds is 4. The summed E-state index contributed by atoms with van der Waals surface area (Å²) < 4.78 is 22.8. The molecule has 0 radical (unpaired) electrons. The summed E-state index contributed by atoms with van der Waals surface area (Å²) in [6, 6.07) is 8.62. The lowest BCUT2D eigenvalue weighted by atomic mass is 9.76. The van der Waals surface area contributed by atoms with Crippen LogP contribution >= 0.6 is 11.6 Å². The Kier molecular flexibility index (Phi) is 4.07. The molecule has 20 heavy (non-hydrogen) atoms. The van der Waals surface area contributed by atoms with E-state index in [4.69, 9.17) is 11.6 Å². The summed E-state index contributed by atoms with van der Waals surface area (Å²) in [5.41, 5.74) is 1.32. The molecule has 3 nitrogen and oxygen atoms in total. The fraction of sp³-hybridized carbons (Fsp3) is 0.600. The van der Waals surface area contributed by atoms with Crippen LogP contribution in [0.2, 0.25) is 5.02 Å². The molecule has 1 heterocycles. The van der Waals surface area contributed by atoms with Crippen molar-refractivity contribution in [2.24, 2.45) is 5.92 Å². The standard InChI is InChI=1S/C15H20ClNO2S/c16-14-3-1-2-12(6-14)13-7-15(8-13)17-9-11-4-5-20(18,19)10-11/h1-3,6,11,13,15,17H,4-5,7-10H2. The van der Waals surface area contributed by atoms with E-state index in [0.29, 0.717) is 29.4 Å². The maximum absolute atomic E-state index is 11.4. The van der Waals surface area contributed by atoms with Gasteiger partial charge in [-0.05, 0) is 55.3 Å². The van der Waals surface area contributed by atoms with Gasteiger partial charge in [0, 0.05) is 11.1 Å². The number of nitrogens with one attached hydrogen (secondary N) is 1. The highest BCUT2D eigenvalue weighted by Crippen LogP contribution is 2.37. The molecule has 1 aliphatic carbocycles. The van der Waals surface area contributed by atoms with Crippen LogP contribution < -0.4 is 5.32 Å². The van der Waals surface area contributed by atoms with Gasteiger partial charge in [0.15, 0.2) is 9.84 Å². The SMILES string of the molecule is O=S1(=O)CCC(CNC2CC(c3cccc(Cl)c3)C2)C1. The molecular formula is C15H20ClNO2S. The summed E-state index contributed by atoms with van der Waals surface area (Å²) >= 11 is 6.01. The highest BCUT2D eigenvalue weighted by Gasteiger charge is 2.32. The van der Waals surface area contributed by atoms with Crippen LogP contribution in [0.4, 0.5) is 0 Å². The Labute approximate surface area is 125 Å². The molecule has 1 unspecified atom stereocenters. The van der Waals surface area contributed by atoms with E-state index in [0.717, 1.165) is 30.8 Å². The first kappa shape index (κ1) is 14.4. The minimum absolute atomic E-state index is 0.310. The van der Waals surface area contributed by atoms with Gasteiger partial charge in [-0.1, -0.05) is 23.7 Å². The lowest BCUT2D eigenvalue weighted by Gasteiger charge is -2.37. The highest BCUT2D eigenvalue weighted by molar-refractivity contribution is 7.91. The van der Waals surface area contributed by atoms with Crippen molar-refractivity contribution >= 4 is 21.4 Å². The van der Waals surface area contributed by atoms with Crippen molar-refractivity contribution in [2.75, 3.05) is 18.1 Å². The van der Waals surface area contributed by atoms with Gasteiger partial charge in [-0.3, -0.25) is 0 Å². The van der Waals surface area contributed by atoms with E-state index in [9.17, 15) is 8.42 Å². The zero-order valence-corrected chi connectivity index (χ0v) is 13.0. The number of hydrogen-bond donors (Lipinski definition) is 1. The molecule has 2 fully saturated rings. The molecule has 0 aromatic heterocycles. The first-order valence-corrected chi connectivity index (χ1v) is 9.41. The Balaban J connectivity index is 1.43. The number of sulfone groups is 1. The molecule has 1 atom stereocenters. The molecule has 110 valence electrons. The Morgan fingerprint density at radius 1 is 1.30 bits per heavy atom. The van der Waals surface area contributed by atoms with E-state index in [1.54, 1.807) is 0 Å². The van der Waals surface area contributed by atoms with Gasteiger partial charge in [0.25, 0.3) is 0 Å². The fourth-order valence-electron chi connectivity index (χ4n) is 3.18. The minimum atomic E-state index is -2.75. The second-order valence-corrected chi connectivity index (χ2v) is 8.76. The van der Waals surface area contributed by atoms with Crippen molar-refractivity contribution in [3.63, 3.8) is 0 Å². The van der Waals surface area contributed by atoms with E-state index in [1.807, 2.05) is 18.2 Å². The normalized spacial score (nSPS) is 31.9. The average Bonchev–Trinajstić information content (AvgIpc) is 2.67. The molecule has 1 saturated carbocycles. The van der Waals surface area contributed by atoms with Gasteiger partial charge in [0.05, 0.1) is 11.5 Å². The molecular weight excluding hydrogens is 294 g/mol. The van der Waals surface area contributed by atoms with Crippen LogP contribution in [0.15, 0.2) is 24.3 Å². The third-order valence-electron chi connectivity index (χ3n) is 4.48. The Morgan fingerprint density at radius 3 is 2.75 bits per heavy atom. The number of benzene rings is 1. The van der Waals surface area contributed by atoms with Crippen LogP contribution in [0.25, 0.3) is 0 Å². The lowest BCUT2D eigenvalue weighted by molar-refractivity contribution is 0.279. The second kappa shape index (κ2) is 5.66. The highest BCUT2D eigenvalue weighted by atomic mass is 35.5. The van der Waals surface area contributed by atoms with Crippen molar-refractivity contribution in [2.45, 2.75) is 31.2 Å². The van der Waals surface area contributed by atoms with Gasteiger partial charge < -0.3 is 5.32 Å². The van der Waals surface area contributed by atoms with E-state index < -0.39 is 9.84 Å². The molecule has 1 saturated heterocycles. The first-order valence-electron chi connectivity index (χ1n) is 7.21. The van der Waals surface area contributed by atoms with Gasteiger partial charge in [0.2, 0.25) is 0 Å². The molecule has 5 heteroatoms. The second-order valence-electron chi connectivity index (χ2n) is 6.10. The van der Waals surface area contributed by atoms with Gasteiger partial charge in [-0.15, -0.1) is 0 Å². The van der Waals surface area contributed by atoms with Crippen LogP contribution in [0, 0.1) is 5.92 Å². The van der Waals surface area contributed by atoms with Crippen molar-refractivity contribution in [3.05, 3.63) is 34.9 Å². The molecule has 0 amide bonds. The topological polar surface area (TPSA) is 46.2 Å². The van der Waals surface area contributed by atoms with E-state index in [2.05, 4.69) is 11.4 Å². The van der Waals surface area contributed by atoms with Gasteiger partial charge in [0.1, 0.15) is 0 Å². The van der Waals surface area contributed by atoms with Crippen LogP contribution in [0.5, 0.6) is 0 Å². The van der Waals surface area contributed by atoms with Crippen molar-refractivity contribution < 1.29 is 8.42 Å². The predicted octanol–water partition coefficient (Wildman–Crippen LogP) is 2.61. The number of hydrogen-bond acceptors (Lipinski definition) is 3. The maximum Gasteiger partial charge on any atom is 0.150 e. The Bertz CT molecular complexity index is 581. The molecule has 3 rings (SSSR count). The summed E-state index contributed by atoms with van der Waals surface area (Å²) in [6.45, 7) is 0.839. The third kappa shape index (κ3) is 3.35. The number of halogens is 1. The minimum Gasteiger partial charge on any atom is -0.314 e. The average molecular weight is 314 g/mol. The molecule has 0 bridgehead atoms. The zero-order valence-electron chi connectivity index (χ0n) is 11.4. The molecule has 1 aromatic rings. The monoisotopic (exact) mass is 313 g/mol. The van der Waals surface area contributed by atoms with E-state index >= 15 is 0 Å². The van der Waals surface area contributed by atoms with Gasteiger partial charge in [-0.25, -0.2) is 8.42 Å². The van der Waals surface area contributed by atoms with Gasteiger partial charge in [-0.2, -0.15) is 0 Å². The first-order chi connectivity index (χ1) is 9.52. The molecule has 2 aliphatic rings. The van der Waals surface area contributed by atoms with Crippen LogP contribution in [0.3, 0.4) is 0 Å². The van der Waals surface area contributed by atoms with Crippen molar-refractivity contribution in [1.29, 1.82) is 0 Å². The predicted molar refractivity (Wildman–Crippen MR) is 82.0 cm³/mol. The summed E-state index contributed by atoms with van der Waals surface area (Å²) in [4.78, 5) is 0. The summed E-state index contributed by atoms with van der Waals surface area (Å²) in [5.74, 6) is 1.64. The lowest BCUT2D eigenvalue weighted by Crippen LogP contribution is -2.42. The van der Waals surface area contributed by atoms with Crippen LogP contribution in [0.1, 0.15) is 30.7 Å². The molecule has 1 N–H and O–H groups in total.